The maximum atomic E-state index is 11.2. The average molecular weight is 283 g/mol. The first kappa shape index (κ1) is 11.7. The van der Waals surface area contributed by atoms with E-state index in [0.717, 1.165) is 29.0 Å². The highest BCUT2D eigenvalue weighted by Gasteiger charge is 2.28. The number of anilines is 1. The molecule has 0 saturated carbocycles. The molecule has 1 atom stereocenters. The van der Waals surface area contributed by atoms with Crippen LogP contribution in [0.2, 0.25) is 5.28 Å². The summed E-state index contributed by atoms with van der Waals surface area (Å²) in [6.45, 7) is 1.37. The predicted octanol–water partition coefficient (Wildman–Crippen LogP) is 1.66. The molecular weight excluding hydrogens is 272 g/mol. The quantitative estimate of drug-likeness (QED) is 0.850. The molecule has 1 unspecified atom stereocenters. The fraction of sp³-hybridized carbons (Fsp3) is 0.364. The van der Waals surface area contributed by atoms with Gasteiger partial charge in [0.15, 0.2) is 0 Å². The number of thiophene rings is 1. The first-order valence-electron chi connectivity index (χ1n) is 5.60. The van der Waals surface area contributed by atoms with Gasteiger partial charge >= 0.3 is 0 Å². The van der Waals surface area contributed by atoms with Gasteiger partial charge in [-0.25, -0.2) is 4.98 Å². The van der Waals surface area contributed by atoms with Gasteiger partial charge in [0.1, 0.15) is 10.6 Å². The van der Waals surface area contributed by atoms with Crippen molar-refractivity contribution in [2.45, 2.75) is 6.42 Å². The summed E-state index contributed by atoms with van der Waals surface area (Å²) in [6.07, 6.45) is 0.766. The number of amides is 1. The van der Waals surface area contributed by atoms with E-state index in [9.17, 15) is 4.79 Å². The monoisotopic (exact) mass is 282 g/mol. The summed E-state index contributed by atoms with van der Waals surface area (Å²) in [5.74, 6) is 0.446. The molecule has 0 bridgehead atoms. The Bertz CT molecular complexity index is 614. The Kier molecular flexibility index (Phi) is 2.83. The van der Waals surface area contributed by atoms with E-state index in [0.29, 0.717) is 6.54 Å². The molecule has 0 aliphatic carbocycles. The van der Waals surface area contributed by atoms with Crippen molar-refractivity contribution in [3.63, 3.8) is 0 Å². The van der Waals surface area contributed by atoms with Gasteiger partial charge in [0.2, 0.25) is 11.2 Å². The zero-order valence-corrected chi connectivity index (χ0v) is 11.0. The van der Waals surface area contributed by atoms with Crippen molar-refractivity contribution in [3.8, 4) is 0 Å². The minimum atomic E-state index is -0.251. The number of hydrogen-bond acceptors (Lipinski definition) is 5. The Labute approximate surface area is 113 Å². The van der Waals surface area contributed by atoms with Crippen LogP contribution in [0.25, 0.3) is 10.2 Å². The molecule has 2 aromatic rings. The lowest BCUT2D eigenvalue weighted by Crippen LogP contribution is -2.27. The molecule has 2 aromatic heterocycles. The van der Waals surface area contributed by atoms with Gasteiger partial charge in [-0.2, -0.15) is 4.98 Å². The van der Waals surface area contributed by atoms with Crippen LogP contribution in [0.3, 0.4) is 0 Å². The molecule has 7 heteroatoms. The first-order valence-corrected chi connectivity index (χ1v) is 6.86. The summed E-state index contributed by atoms with van der Waals surface area (Å²) in [6, 6.07) is 1.98. The molecule has 0 radical (unpaired) electrons. The number of fused-ring (bicyclic) bond motifs is 1. The Morgan fingerprint density at radius 1 is 1.56 bits per heavy atom. The molecule has 1 aliphatic heterocycles. The molecule has 18 heavy (non-hydrogen) atoms. The Hall–Kier alpha value is -1.40. The summed E-state index contributed by atoms with van der Waals surface area (Å²) < 4.78 is 0. The van der Waals surface area contributed by atoms with Gasteiger partial charge in [-0.15, -0.1) is 11.3 Å². The second kappa shape index (κ2) is 4.37. The molecule has 1 saturated heterocycles. The van der Waals surface area contributed by atoms with Crippen LogP contribution in [0, 0.1) is 5.92 Å². The smallest absolute Gasteiger partial charge is 0.225 e. The molecule has 1 fully saturated rings. The van der Waals surface area contributed by atoms with Gasteiger partial charge in [0.05, 0.1) is 11.3 Å². The Balaban J connectivity index is 1.99. The number of hydrogen-bond donors (Lipinski definition) is 1. The lowest BCUT2D eigenvalue weighted by Gasteiger charge is -2.17. The molecule has 0 spiro atoms. The van der Waals surface area contributed by atoms with Crippen molar-refractivity contribution in [2.75, 3.05) is 18.0 Å². The number of nitrogens with zero attached hydrogens (tertiary/aromatic N) is 3. The van der Waals surface area contributed by atoms with Crippen LogP contribution in [-0.2, 0) is 4.79 Å². The summed E-state index contributed by atoms with van der Waals surface area (Å²) in [5, 5.41) is 3.18. The standard InChI is InChI=1S/C11H11ClN4OS/c12-11-14-9(7-2-4-18-10(7)15-11)16-3-1-6(5-16)8(13)17/h2,4,6H,1,3,5H2,(H2,13,17). The summed E-state index contributed by atoms with van der Waals surface area (Å²) in [4.78, 5) is 22.6. The normalized spacial score (nSPS) is 19.6. The SMILES string of the molecule is NC(=O)C1CCN(c2nc(Cl)nc3sccc23)C1. The third-order valence-corrected chi connectivity index (χ3v) is 4.14. The van der Waals surface area contributed by atoms with Gasteiger partial charge in [-0.05, 0) is 29.5 Å². The van der Waals surface area contributed by atoms with Crippen molar-refractivity contribution in [1.29, 1.82) is 0 Å². The fourth-order valence-electron chi connectivity index (χ4n) is 2.24. The second-order valence-corrected chi connectivity index (χ2v) is 5.52. The molecule has 1 amide bonds. The largest absolute Gasteiger partial charge is 0.369 e. The van der Waals surface area contributed by atoms with Gasteiger partial charge in [0, 0.05) is 13.1 Å². The third kappa shape index (κ3) is 1.91. The lowest BCUT2D eigenvalue weighted by molar-refractivity contribution is -0.121. The highest BCUT2D eigenvalue weighted by Crippen LogP contribution is 2.32. The number of aromatic nitrogens is 2. The van der Waals surface area contributed by atoms with Crippen LogP contribution < -0.4 is 10.6 Å². The maximum absolute atomic E-state index is 11.2. The van der Waals surface area contributed by atoms with Crippen molar-refractivity contribution >= 4 is 44.9 Å². The van der Waals surface area contributed by atoms with Crippen LogP contribution in [0.1, 0.15) is 6.42 Å². The van der Waals surface area contributed by atoms with E-state index in [4.69, 9.17) is 17.3 Å². The highest BCUT2D eigenvalue weighted by molar-refractivity contribution is 7.16. The van der Waals surface area contributed by atoms with Gasteiger partial charge < -0.3 is 10.6 Å². The van der Waals surface area contributed by atoms with Crippen molar-refractivity contribution < 1.29 is 4.79 Å². The van der Waals surface area contributed by atoms with Crippen LogP contribution >= 0.6 is 22.9 Å². The first-order chi connectivity index (χ1) is 8.65. The molecule has 1 aliphatic rings. The maximum Gasteiger partial charge on any atom is 0.225 e. The van der Waals surface area contributed by atoms with E-state index in [-0.39, 0.29) is 17.1 Å². The van der Waals surface area contributed by atoms with Gasteiger partial charge in [0.25, 0.3) is 0 Å². The zero-order valence-electron chi connectivity index (χ0n) is 9.47. The van der Waals surface area contributed by atoms with Crippen molar-refractivity contribution in [1.82, 2.24) is 9.97 Å². The highest BCUT2D eigenvalue weighted by atomic mass is 35.5. The predicted molar refractivity (Wildman–Crippen MR) is 71.9 cm³/mol. The van der Waals surface area contributed by atoms with E-state index in [2.05, 4.69) is 14.9 Å². The number of carbonyl (C=O) groups excluding carboxylic acids is 1. The number of nitrogens with two attached hydrogens (primary N) is 1. The topological polar surface area (TPSA) is 72.1 Å². The molecule has 3 rings (SSSR count). The van der Waals surface area contributed by atoms with E-state index in [1.807, 2.05) is 11.4 Å². The molecule has 2 N–H and O–H groups in total. The summed E-state index contributed by atoms with van der Waals surface area (Å²) in [7, 11) is 0. The van der Waals surface area contributed by atoms with Crippen LogP contribution in [0.4, 0.5) is 5.82 Å². The second-order valence-electron chi connectivity index (χ2n) is 4.29. The van der Waals surface area contributed by atoms with E-state index in [1.54, 1.807) is 0 Å². The van der Waals surface area contributed by atoms with Crippen LogP contribution in [0.15, 0.2) is 11.4 Å². The average Bonchev–Trinajstić information content (AvgIpc) is 2.95. The summed E-state index contributed by atoms with van der Waals surface area (Å²) in [5.41, 5.74) is 5.34. The van der Waals surface area contributed by atoms with E-state index < -0.39 is 0 Å². The number of carbonyl (C=O) groups is 1. The van der Waals surface area contributed by atoms with Crippen molar-refractivity contribution in [3.05, 3.63) is 16.7 Å². The molecular formula is C11H11ClN4OS. The zero-order chi connectivity index (χ0) is 12.7. The van der Waals surface area contributed by atoms with Crippen LogP contribution in [-0.4, -0.2) is 29.0 Å². The van der Waals surface area contributed by atoms with E-state index >= 15 is 0 Å². The molecule has 5 nitrogen and oxygen atoms in total. The molecule has 94 valence electrons. The van der Waals surface area contributed by atoms with Crippen LogP contribution in [0.5, 0.6) is 0 Å². The third-order valence-electron chi connectivity index (χ3n) is 3.17. The Morgan fingerprint density at radius 2 is 2.39 bits per heavy atom. The molecule has 0 aromatic carbocycles. The van der Waals surface area contributed by atoms with Gasteiger partial charge in [-0.3, -0.25) is 4.79 Å². The lowest BCUT2D eigenvalue weighted by atomic mass is 10.1. The summed E-state index contributed by atoms with van der Waals surface area (Å²) >= 11 is 7.45. The minimum absolute atomic E-state index is 0.104. The number of primary amides is 1. The molecule has 3 heterocycles. The number of rotatable bonds is 2. The van der Waals surface area contributed by atoms with Crippen molar-refractivity contribution in [2.24, 2.45) is 11.7 Å². The van der Waals surface area contributed by atoms with E-state index in [1.165, 1.54) is 11.3 Å². The fourth-order valence-corrected chi connectivity index (χ4v) is 3.21. The minimum Gasteiger partial charge on any atom is -0.369 e. The number of halogens is 1. The van der Waals surface area contributed by atoms with Gasteiger partial charge in [-0.1, -0.05) is 0 Å². The Morgan fingerprint density at radius 3 is 3.11 bits per heavy atom.